The minimum absolute atomic E-state index is 0.0502. The molecule has 2 rings (SSSR count). The average molecular weight is 388 g/mol. The highest BCUT2D eigenvalue weighted by Crippen LogP contribution is 2.30. The highest BCUT2D eigenvalue weighted by Gasteiger charge is 2.32. The summed E-state index contributed by atoms with van der Waals surface area (Å²) in [7, 11) is -2.25. The molecule has 0 radical (unpaired) electrons. The Morgan fingerprint density at radius 2 is 1.79 bits per heavy atom. The van der Waals surface area contributed by atoms with E-state index < -0.39 is 15.6 Å². The first-order valence-corrected chi connectivity index (χ1v) is 9.64. The van der Waals surface area contributed by atoms with Crippen LogP contribution in [0.2, 0.25) is 10.0 Å². The third-order valence-corrected chi connectivity index (χ3v) is 6.11. The lowest BCUT2D eigenvalue weighted by Gasteiger charge is -2.32. The molecule has 0 aliphatic rings. The van der Waals surface area contributed by atoms with Gasteiger partial charge >= 0.3 is 0 Å². The molecule has 4 nitrogen and oxygen atoms in total. The van der Waals surface area contributed by atoms with Crippen molar-refractivity contribution in [1.82, 2.24) is 4.72 Å². The first kappa shape index (κ1) is 19.2. The summed E-state index contributed by atoms with van der Waals surface area (Å²) in [6, 6.07) is 13.8. The van der Waals surface area contributed by atoms with E-state index in [-0.39, 0.29) is 16.5 Å². The van der Waals surface area contributed by atoms with Crippen molar-refractivity contribution in [1.29, 1.82) is 0 Å². The summed E-state index contributed by atoms with van der Waals surface area (Å²) < 4.78 is 33.5. The van der Waals surface area contributed by atoms with Crippen molar-refractivity contribution in [3.05, 3.63) is 64.1 Å². The van der Waals surface area contributed by atoms with E-state index in [1.807, 2.05) is 37.3 Å². The Bertz CT molecular complexity index is 791. The molecule has 0 aliphatic carbocycles. The van der Waals surface area contributed by atoms with E-state index in [0.717, 1.165) is 5.56 Å². The van der Waals surface area contributed by atoms with Gasteiger partial charge in [-0.25, -0.2) is 13.1 Å². The van der Waals surface area contributed by atoms with E-state index in [9.17, 15) is 8.42 Å². The van der Waals surface area contributed by atoms with Gasteiger partial charge in [0, 0.05) is 18.7 Å². The Balaban J connectivity index is 2.31. The maximum atomic E-state index is 12.6. The molecule has 0 heterocycles. The number of benzene rings is 2. The molecule has 2 aromatic carbocycles. The summed E-state index contributed by atoms with van der Waals surface area (Å²) in [6.45, 7) is 2.02. The smallest absolute Gasteiger partial charge is 0.242 e. The van der Waals surface area contributed by atoms with Crippen LogP contribution >= 0.6 is 23.2 Å². The van der Waals surface area contributed by atoms with E-state index >= 15 is 0 Å². The molecule has 2 aromatic rings. The molecule has 0 fully saturated rings. The van der Waals surface area contributed by atoms with Crippen LogP contribution in [0.4, 0.5) is 0 Å². The number of halogens is 2. The van der Waals surface area contributed by atoms with Gasteiger partial charge in [-0.1, -0.05) is 60.5 Å². The third-order valence-electron chi connectivity index (χ3n) is 3.99. The second kappa shape index (κ2) is 7.85. The van der Waals surface area contributed by atoms with Gasteiger partial charge in [0.05, 0.1) is 5.02 Å². The van der Waals surface area contributed by atoms with Crippen LogP contribution in [-0.4, -0.2) is 22.1 Å². The molecule has 0 bridgehead atoms. The molecular weight excluding hydrogens is 369 g/mol. The largest absolute Gasteiger partial charge is 0.372 e. The zero-order chi connectivity index (χ0) is 17.8. The van der Waals surface area contributed by atoms with Crippen LogP contribution in [0.5, 0.6) is 0 Å². The molecule has 0 amide bonds. The Hall–Kier alpha value is -1.11. The molecule has 0 saturated heterocycles. The molecule has 1 atom stereocenters. The molecule has 130 valence electrons. The number of sulfonamides is 1. The molecule has 24 heavy (non-hydrogen) atoms. The van der Waals surface area contributed by atoms with Crippen molar-refractivity contribution in [2.24, 2.45) is 0 Å². The SMILES string of the molecule is CCC(CNS(=O)(=O)c1cc(Cl)ccc1Cl)(OC)c1ccccc1. The van der Waals surface area contributed by atoms with Crippen molar-refractivity contribution in [2.45, 2.75) is 23.8 Å². The van der Waals surface area contributed by atoms with Crippen molar-refractivity contribution < 1.29 is 13.2 Å². The Morgan fingerprint density at radius 3 is 2.38 bits per heavy atom. The molecule has 0 spiro atoms. The zero-order valence-electron chi connectivity index (χ0n) is 13.4. The fourth-order valence-electron chi connectivity index (χ4n) is 2.48. The number of hydrogen-bond donors (Lipinski definition) is 1. The monoisotopic (exact) mass is 387 g/mol. The Morgan fingerprint density at radius 1 is 1.12 bits per heavy atom. The molecule has 1 N–H and O–H groups in total. The van der Waals surface area contributed by atoms with E-state index in [4.69, 9.17) is 27.9 Å². The lowest BCUT2D eigenvalue weighted by Crippen LogP contribution is -2.41. The zero-order valence-corrected chi connectivity index (χ0v) is 15.8. The van der Waals surface area contributed by atoms with Gasteiger partial charge in [0.1, 0.15) is 10.5 Å². The van der Waals surface area contributed by atoms with Gasteiger partial charge in [0.15, 0.2) is 0 Å². The summed E-state index contributed by atoms with van der Waals surface area (Å²) in [4.78, 5) is -0.0502. The number of ether oxygens (including phenoxy) is 1. The van der Waals surface area contributed by atoms with E-state index in [0.29, 0.717) is 11.4 Å². The summed E-state index contributed by atoms with van der Waals surface area (Å²) in [5, 5.41) is 0.419. The number of rotatable bonds is 7. The molecule has 0 aliphatic heterocycles. The van der Waals surface area contributed by atoms with Gasteiger partial charge in [-0.2, -0.15) is 0 Å². The fourth-order valence-corrected chi connectivity index (χ4v) is 4.32. The normalized spacial score (nSPS) is 14.3. The second-order valence-electron chi connectivity index (χ2n) is 5.32. The van der Waals surface area contributed by atoms with Gasteiger partial charge in [0.2, 0.25) is 10.0 Å². The summed E-state index contributed by atoms with van der Waals surface area (Å²) in [6.07, 6.45) is 0.597. The standard InChI is InChI=1S/C17H19Cl2NO3S/c1-3-17(23-2,13-7-5-4-6-8-13)12-20-24(21,22)16-11-14(18)9-10-15(16)19/h4-11,20H,3,12H2,1-2H3. The van der Waals surface area contributed by atoms with Crippen molar-refractivity contribution in [2.75, 3.05) is 13.7 Å². The molecule has 0 saturated carbocycles. The van der Waals surface area contributed by atoms with Crippen molar-refractivity contribution in [3.8, 4) is 0 Å². The highest BCUT2D eigenvalue weighted by molar-refractivity contribution is 7.89. The predicted octanol–water partition coefficient (Wildman–Crippen LogP) is 4.22. The van der Waals surface area contributed by atoms with Gasteiger partial charge in [-0.15, -0.1) is 0 Å². The number of hydrogen-bond acceptors (Lipinski definition) is 3. The maximum Gasteiger partial charge on any atom is 0.242 e. The van der Waals surface area contributed by atoms with Crippen LogP contribution < -0.4 is 4.72 Å². The highest BCUT2D eigenvalue weighted by atomic mass is 35.5. The van der Waals surface area contributed by atoms with Gasteiger partial charge in [-0.05, 0) is 30.2 Å². The molecule has 7 heteroatoms. The van der Waals surface area contributed by atoms with E-state index in [2.05, 4.69) is 4.72 Å². The fraction of sp³-hybridized carbons (Fsp3) is 0.294. The van der Waals surface area contributed by atoms with Gasteiger partial charge < -0.3 is 4.74 Å². The second-order valence-corrected chi connectivity index (χ2v) is 7.90. The van der Waals surface area contributed by atoms with Crippen LogP contribution in [0.15, 0.2) is 53.4 Å². The van der Waals surface area contributed by atoms with Crippen molar-refractivity contribution in [3.63, 3.8) is 0 Å². The van der Waals surface area contributed by atoms with E-state index in [1.54, 1.807) is 13.2 Å². The minimum Gasteiger partial charge on any atom is -0.372 e. The average Bonchev–Trinajstić information content (AvgIpc) is 2.59. The predicted molar refractivity (Wildman–Crippen MR) is 97.1 cm³/mol. The quantitative estimate of drug-likeness (QED) is 0.773. The van der Waals surface area contributed by atoms with E-state index in [1.165, 1.54) is 12.1 Å². The number of nitrogens with one attached hydrogen (secondary N) is 1. The summed E-state index contributed by atoms with van der Waals surface area (Å²) >= 11 is 11.9. The lowest BCUT2D eigenvalue weighted by atomic mass is 9.91. The van der Waals surface area contributed by atoms with Crippen LogP contribution in [0.25, 0.3) is 0 Å². The minimum atomic E-state index is -3.82. The Kier molecular flexibility index (Phi) is 6.28. The summed E-state index contributed by atoms with van der Waals surface area (Å²) in [5.74, 6) is 0. The molecule has 1 unspecified atom stereocenters. The van der Waals surface area contributed by atoms with Crippen LogP contribution in [0, 0.1) is 0 Å². The van der Waals surface area contributed by atoms with Crippen LogP contribution in [-0.2, 0) is 20.4 Å². The first-order valence-electron chi connectivity index (χ1n) is 7.40. The third kappa shape index (κ3) is 4.10. The molecular formula is C17H19Cl2NO3S. The maximum absolute atomic E-state index is 12.6. The lowest BCUT2D eigenvalue weighted by molar-refractivity contribution is -0.0133. The topological polar surface area (TPSA) is 55.4 Å². The number of methoxy groups -OCH3 is 1. The van der Waals surface area contributed by atoms with Crippen LogP contribution in [0.1, 0.15) is 18.9 Å². The van der Waals surface area contributed by atoms with Crippen molar-refractivity contribution >= 4 is 33.2 Å². The van der Waals surface area contributed by atoms with Gasteiger partial charge in [-0.3, -0.25) is 0 Å². The Labute approximate surface area is 152 Å². The van der Waals surface area contributed by atoms with Gasteiger partial charge in [0.25, 0.3) is 0 Å². The first-order chi connectivity index (χ1) is 11.3. The molecule has 0 aromatic heterocycles. The summed E-state index contributed by atoms with van der Waals surface area (Å²) in [5.41, 5.74) is 0.134. The van der Waals surface area contributed by atoms with Crippen LogP contribution in [0.3, 0.4) is 0 Å².